The molecule has 5 nitrogen and oxygen atoms in total. The lowest BCUT2D eigenvalue weighted by molar-refractivity contribution is 0.0416. The number of oxazole rings is 1. The summed E-state index contributed by atoms with van der Waals surface area (Å²) in [4.78, 5) is 4.79. The largest absolute Gasteiger partial charge is 0.448 e. The van der Waals surface area contributed by atoms with E-state index in [0.717, 1.165) is 17.4 Å². The molecule has 0 aromatic carbocycles. The zero-order valence-corrected chi connectivity index (χ0v) is 35.0. The van der Waals surface area contributed by atoms with E-state index in [9.17, 15) is 0 Å². The first-order valence-corrected chi connectivity index (χ1v) is 23.4. The van der Waals surface area contributed by atoms with Gasteiger partial charge in [-0.05, 0) is 75.4 Å². The molecule has 246 valence electrons. The summed E-state index contributed by atoms with van der Waals surface area (Å²) in [5.41, 5.74) is 0.785. The van der Waals surface area contributed by atoms with Gasteiger partial charge in [-0.15, -0.1) is 0 Å². The third-order valence-corrected chi connectivity index (χ3v) is 18.6. The van der Waals surface area contributed by atoms with Crippen molar-refractivity contribution in [3.63, 3.8) is 0 Å². The average Bonchev–Trinajstić information content (AvgIpc) is 3.34. The van der Waals surface area contributed by atoms with Gasteiger partial charge in [0.2, 0.25) is 0 Å². The lowest BCUT2D eigenvalue weighted by Crippen LogP contribution is -2.44. The molecule has 0 saturated heterocycles. The summed E-state index contributed by atoms with van der Waals surface area (Å²) in [6.45, 7) is 29.3. The van der Waals surface area contributed by atoms with Gasteiger partial charge in [-0.2, -0.15) is 0 Å². The highest BCUT2D eigenvalue weighted by molar-refractivity contribution is 14.1. The van der Waals surface area contributed by atoms with Gasteiger partial charge in [-0.3, -0.25) is 0 Å². The van der Waals surface area contributed by atoms with Crippen LogP contribution in [0.1, 0.15) is 86.2 Å². The summed E-state index contributed by atoms with van der Waals surface area (Å²) < 4.78 is 26.8. The van der Waals surface area contributed by atoms with Crippen LogP contribution in [0.2, 0.25) is 36.3 Å². The molecule has 0 spiro atoms. The Morgan fingerprint density at radius 3 is 2.09 bits per heavy atom. The maximum atomic E-state index is 6.80. The number of alkyl halides is 1. The Morgan fingerprint density at radius 1 is 1.00 bits per heavy atom. The second-order valence-corrected chi connectivity index (χ2v) is 26.5. The molecule has 0 aliphatic carbocycles. The molecule has 0 N–H and O–H groups in total. The fraction of sp³-hybridized carbons (Fsp3) is 0.676. The number of methoxy groups -OCH3 is 1. The van der Waals surface area contributed by atoms with Crippen LogP contribution in [-0.4, -0.2) is 52.4 Å². The highest BCUT2D eigenvalue weighted by Crippen LogP contribution is 2.39. The van der Waals surface area contributed by atoms with Gasteiger partial charge in [0.15, 0.2) is 22.5 Å². The van der Waals surface area contributed by atoms with Gasteiger partial charge in [0.05, 0.1) is 24.2 Å². The van der Waals surface area contributed by atoms with Crippen LogP contribution in [0.25, 0.3) is 6.08 Å². The van der Waals surface area contributed by atoms with Crippen molar-refractivity contribution < 1.29 is 18.0 Å². The number of hydrogen-bond donors (Lipinski definition) is 0. The minimum Gasteiger partial charge on any atom is -0.448 e. The minimum atomic E-state index is -1.96. The molecular weight excluding hydrogens is 749 g/mol. The van der Waals surface area contributed by atoms with Crippen LogP contribution < -0.4 is 0 Å². The highest BCUT2D eigenvalue weighted by atomic mass is 127. The Hall–Kier alpha value is -0.306. The Labute approximate surface area is 287 Å². The molecule has 0 aliphatic heterocycles. The standard InChI is InChI=1S/C34H59BrINO4Si2/c1-25(22-26(2)36)30(41-43(13,14)34(7,8)9)20-16-15-18-28-24-39-32(37-28)27(3)31(38-10)23-29(19-17-21-35)40-42(11,12)33(4,5)6/h15-20,22,24-25,27,29-31H,21,23H2,1-14H3/b18-15+,19-17-,20-16+,26-22+/t25-,27-,29+,30+,31-/m1/s1. The molecule has 0 saturated carbocycles. The van der Waals surface area contributed by atoms with E-state index in [0.29, 0.717) is 5.89 Å². The Bertz CT molecular complexity index is 1090. The first kappa shape index (κ1) is 40.7. The van der Waals surface area contributed by atoms with Gasteiger partial charge >= 0.3 is 0 Å². The predicted octanol–water partition coefficient (Wildman–Crippen LogP) is 11.5. The molecule has 9 heteroatoms. The maximum absolute atomic E-state index is 6.80. The van der Waals surface area contributed by atoms with E-state index in [-0.39, 0.29) is 40.2 Å². The van der Waals surface area contributed by atoms with E-state index in [4.69, 9.17) is 23.0 Å². The first-order valence-electron chi connectivity index (χ1n) is 15.4. The van der Waals surface area contributed by atoms with Crippen LogP contribution in [0, 0.1) is 5.92 Å². The third-order valence-electron chi connectivity index (χ3n) is 8.87. The van der Waals surface area contributed by atoms with Crippen LogP contribution in [0.15, 0.2) is 50.7 Å². The van der Waals surface area contributed by atoms with Crippen LogP contribution in [0.5, 0.6) is 0 Å². The molecule has 1 heterocycles. The zero-order valence-electron chi connectivity index (χ0n) is 29.3. The van der Waals surface area contributed by atoms with Crippen LogP contribution in [-0.2, 0) is 13.6 Å². The van der Waals surface area contributed by atoms with Crippen molar-refractivity contribution in [2.24, 2.45) is 5.92 Å². The average molecular weight is 809 g/mol. The first-order chi connectivity index (χ1) is 19.6. The number of halogens is 2. The molecule has 0 fully saturated rings. The Kier molecular flexibility index (Phi) is 16.6. The molecule has 43 heavy (non-hydrogen) atoms. The SMILES string of the molecule is CO[C@H](C[C@H](/C=C\CBr)O[Si](C)(C)C(C)(C)C)[C@@H](C)c1nc(/C=C/C=C/[C@H](O[Si](C)(C)C(C)(C)C)[C@H](C)/C=C(\C)I)co1. The maximum Gasteiger partial charge on any atom is 0.199 e. The van der Waals surface area contributed by atoms with E-state index in [1.165, 1.54) is 3.58 Å². The number of aromatic nitrogens is 1. The summed E-state index contributed by atoms with van der Waals surface area (Å²) >= 11 is 5.89. The Balaban J connectivity index is 3.08. The summed E-state index contributed by atoms with van der Waals surface area (Å²) in [6, 6.07) is 0. The molecule has 0 unspecified atom stereocenters. The molecule has 0 aliphatic rings. The molecular formula is C34H59BrINO4Si2. The second-order valence-electron chi connectivity index (χ2n) is 14.6. The normalized spacial score (nSPS) is 18.1. The fourth-order valence-electron chi connectivity index (χ4n) is 4.03. The second kappa shape index (κ2) is 17.6. The quantitative estimate of drug-likeness (QED) is 0.0547. The lowest BCUT2D eigenvalue weighted by atomic mass is 9.98. The van der Waals surface area contributed by atoms with E-state index in [1.807, 2.05) is 12.2 Å². The number of hydrogen-bond acceptors (Lipinski definition) is 5. The fourth-order valence-corrected chi connectivity index (χ4v) is 7.42. The smallest absolute Gasteiger partial charge is 0.199 e. The summed E-state index contributed by atoms with van der Waals surface area (Å²) in [6.07, 6.45) is 17.1. The van der Waals surface area contributed by atoms with Crippen molar-refractivity contribution in [2.45, 2.75) is 129 Å². The van der Waals surface area contributed by atoms with E-state index in [1.54, 1.807) is 13.4 Å². The van der Waals surface area contributed by atoms with Crippen molar-refractivity contribution in [2.75, 3.05) is 12.4 Å². The zero-order chi connectivity index (χ0) is 33.2. The number of allylic oxidation sites excluding steroid dienone is 4. The van der Waals surface area contributed by atoms with Crippen molar-refractivity contribution in [3.8, 4) is 0 Å². The van der Waals surface area contributed by atoms with Gasteiger partial charge in [0.25, 0.3) is 0 Å². The van der Waals surface area contributed by atoms with Gasteiger partial charge in [0, 0.05) is 24.8 Å². The Morgan fingerprint density at radius 2 is 1.58 bits per heavy atom. The van der Waals surface area contributed by atoms with Gasteiger partial charge in [-0.1, -0.05) is 108 Å². The van der Waals surface area contributed by atoms with E-state index in [2.05, 4.69) is 157 Å². The van der Waals surface area contributed by atoms with Gasteiger partial charge in [0.1, 0.15) is 12.0 Å². The highest BCUT2D eigenvalue weighted by Gasteiger charge is 2.40. The monoisotopic (exact) mass is 807 g/mol. The van der Waals surface area contributed by atoms with Crippen LogP contribution >= 0.6 is 38.5 Å². The predicted molar refractivity (Wildman–Crippen MR) is 203 cm³/mol. The van der Waals surface area contributed by atoms with Crippen LogP contribution in [0.3, 0.4) is 0 Å². The molecule has 0 radical (unpaired) electrons. The molecule has 0 amide bonds. The number of ether oxygens (including phenoxy) is 1. The number of rotatable bonds is 16. The van der Waals surface area contributed by atoms with Crippen molar-refractivity contribution in [3.05, 3.63) is 57.9 Å². The molecule has 1 aromatic rings. The van der Waals surface area contributed by atoms with Crippen molar-refractivity contribution >= 4 is 61.2 Å². The van der Waals surface area contributed by atoms with Crippen molar-refractivity contribution in [1.29, 1.82) is 0 Å². The topological polar surface area (TPSA) is 53.7 Å². The molecule has 0 bridgehead atoms. The number of nitrogens with zero attached hydrogens (tertiary/aromatic N) is 1. The molecule has 1 aromatic heterocycles. The van der Waals surface area contributed by atoms with Gasteiger partial charge in [-0.25, -0.2) is 4.98 Å². The summed E-state index contributed by atoms with van der Waals surface area (Å²) in [5, 5.41) is 1.06. The minimum absolute atomic E-state index is 0.00527. The molecule has 1 rings (SSSR count). The van der Waals surface area contributed by atoms with E-state index < -0.39 is 16.6 Å². The van der Waals surface area contributed by atoms with Crippen molar-refractivity contribution in [1.82, 2.24) is 4.98 Å². The van der Waals surface area contributed by atoms with Gasteiger partial charge < -0.3 is 18.0 Å². The molecule has 5 atom stereocenters. The summed E-state index contributed by atoms with van der Waals surface area (Å²) in [5.74, 6) is 0.911. The third kappa shape index (κ3) is 13.5. The lowest BCUT2D eigenvalue weighted by Gasteiger charge is -2.39. The summed E-state index contributed by atoms with van der Waals surface area (Å²) in [7, 11) is -2.14. The van der Waals surface area contributed by atoms with E-state index >= 15 is 0 Å². The van der Waals surface area contributed by atoms with Crippen LogP contribution in [0.4, 0.5) is 0 Å².